The van der Waals surface area contributed by atoms with Gasteiger partial charge in [0, 0.05) is 16.7 Å². The topological polar surface area (TPSA) is 63.7 Å². The summed E-state index contributed by atoms with van der Waals surface area (Å²) in [5.41, 5.74) is 2.17. The maximum absolute atomic E-state index is 12.4. The number of carbonyl (C=O) groups is 1. The van der Waals surface area contributed by atoms with E-state index in [1.54, 1.807) is 19.1 Å². The number of hydrogen-bond donors (Lipinski definition) is 0. The van der Waals surface area contributed by atoms with Gasteiger partial charge in [-0.2, -0.15) is 0 Å². The summed E-state index contributed by atoms with van der Waals surface area (Å²) >= 11 is 2.27. The molecule has 1 aliphatic heterocycles. The first-order valence-corrected chi connectivity index (χ1v) is 11.6. The van der Waals surface area contributed by atoms with E-state index < -0.39 is 10.0 Å². The van der Waals surface area contributed by atoms with Crippen molar-refractivity contribution in [2.75, 3.05) is 18.8 Å². The molecular weight excluding hydrogens is 477 g/mol. The number of ether oxygens (including phenoxy) is 1. The van der Waals surface area contributed by atoms with Crippen LogP contribution in [-0.2, 0) is 14.8 Å². The van der Waals surface area contributed by atoms with Gasteiger partial charge in [0.05, 0.1) is 11.7 Å². The third-order valence-electron chi connectivity index (χ3n) is 4.80. The average Bonchev–Trinajstić information content (AvgIpc) is 2.69. The zero-order chi connectivity index (χ0) is 19.4. The van der Waals surface area contributed by atoms with Crippen molar-refractivity contribution in [1.82, 2.24) is 4.31 Å². The third-order valence-corrected chi connectivity index (χ3v) is 7.40. The molecule has 0 aliphatic carbocycles. The van der Waals surface area contributed by atoms with E-state index >= 15 is 0 Å². The van der Waals surface area contributed by atoms with E-state index in [1.807, 2.05) is 12.1 Å². The van der Waals surface area contributed by atoms with Crippen LogP contribution in [0.1, 0.15) is 19.8 Å². The number of rotatable bonds is 5. The summed E-state index contributed by atoms with van der Waals surface area (Å²) in [5, 5.41) is 0. The minimum atomic E-state index is -3.18. The predicted octanol–water partition coefficient (Wildman–Crippen LogP) is 3.93. The summed E-state index contributed by atoms with van der Waals surface area (Å²) in [6, 6.07) is 15.7. The number of sulfonamides is 1. The maximum Gasteiger partial charge on any atom is 0.314 e. The van der Waals surface area contributed by atoms with Crippen LogP contribution >= 0.6 is 22.6 Å². The molecule has 0 aromatic heterocycles. The Labute approximate surface area is 173 Å². The van der Waals surface area contributed by atoms with E-state index in [9.17, 15) is 13.2 Å². The van der Waals surface area contributed by atoms with Gasteiger partial charge in [-0.3, -0.25) is 4.79 Å². The first-order valence-electron chi connectivity index (χ1n) is 8.94. The molecule has 5 nitrogen and oxygen atoms in total. The predicted molar refractivity (Wildman–Crippen MR) is 114 cm³/mol. The van der Waals surface area contributed by atoms with Gasteiger partial charge in [0.2, 0.25) is 10.0 Å². The Hall–Kier alpha value is -1.45. The summed E-state index contributed by atoms with van der Waals surface area (Å²) in [4.78, 5) is 12.4. The monoisotopic (exact) mass is 499 g/mol. The Morgan fingerprint density at radius 2 is 1.56 bits per heavy atom. The molecule has 7 heteroatoms. The largest absolute Gasteiger partial charge is 0.426 e. The van der Waals surface area contributed by atoms with E-state index in [0.717, 1.165) is 11.1 Å². The Morgan fingerprint density at radius 1 is 1.04 bits per heavy atom. The maximum atomic E-state index is 12.4. The van der Waals surface area contributed by atoms with Crippen molar-refractivity contribution in [3.8, 4) is 16.9 Å². The van der Waals surface area contributed by atoms with Crippen LogP contribution in [0.3, 0.4) is 0 Å². The summed E-state index contributed by atoms with van der Waals surface area (Å²) in [7, 11) is -3.18. The first-order chi connectivity index (χ1) is 12.9. The Balaban J connectivity index is 1.58. The number of esters is 1. The average molecular weight is 499 g/mol. The lowest BCUT2D eigenvalue weighted by Gasteiger charge is -2.29. The molecule has 1 saturated heterocycles. The molecular formula is C20H22INO4S. The molecule has 0 unspecified atom stereocenters. The lowest BCUT2D eigenvalue weighted by molar-refractivity contribution is -0.140. The minimum absolute atomic E-state index is 0.0923. The Bertz CT molecular complexity index is 887. The molecule has 1 fully saturated rings. The van der Waals surface area contributed by atoms with Gasteiger partial charge < -0.3 is 4.74 Å². The normalized spacial score (nSPS) is 16.2. The highest BCUT2D eigenvalue weighted by molar-refractivity contribution is 14.1. The molecule has 1 heterocycles. The number of carbonyl (C=O) groups excluding carboxylic acids is 1. The van der Waals surface area contributed by atoms with Crippen molar-refractivity contribution in [3.63, 3.8) is 0 Å². The zero-order valence-electron chi connectivity index (χ0n) is 15.1. The van der Waals surface area contributed by atoms with Crippen LogP contribution in [0.5, 0.6) is 5.75 Å². The highest BCUT2D eigenvalue weighted by Crippen LogP contribution is 2.25. The fraction of sp³-hybridized carbons (Fsp3) is 0.350. The van der Waals surface area contributed by atoms with Gasteiger partial charge in [-0.25, -0.2) is 12.7 Å². The van der Waals surface area contributed by atoms with Crippen molar-refractivity contribution in [1.29, 1.82) is 0 Å². The number of piperidine rings is 1. The summed E-state index contributed by atoms with van der Waals surface area (Å²) in [6.07, 6.45) is 0.998. The number of hydrogen-bond acceptors (Lipinski definition) is 4. The second-order valence-corrected chi connectivity index (χ2v) is 10.0. The summed E-state index contributed by atoms with van der Waals surface area (Å²) in [6.45, 7) is 2.39. The second-order valence-electron chi connectivity index (χ2n) is 6.53. The van der Waals surface area contributed by atoms with E-state index in [-0.39, 0.29) is 17.6 Å². The molecule has 144 valence electrons. The van der Waals surface area contributed by atoms with Gasteiger partial charge in [-0.05, 0) is 77.7 Å². The molecule has 27 heavy (non-hydrogen) atoms. The Morgan fingerprint density at radius 3 is 2.07 bits per heavy atom. The Kier molecular flexibility index (Phi) is 6.54. The standard InChI is InChI=1S/C20H22INO4S/c1-2-27(24,25)22-13-11-17(12-14-22)20(23)26-19-9-5-16(6-10-19)15-3-7-18(21)8-4-15/h3-10,17H,2,11-14H2,1H3. The molecule has 1 aliphatic rings. The molecule has 0 N–H and O–H groups in total. The van der Waals surface area contributed by atoms with Gasteiger partial charge in [0.1, 0.15) is 5.75 Å². The van der Waals surface area contributed by atoms with Gasteiger partial charge in [0.25, 0.3) is 0 Å². The first kappa shape index (κ1) is 20.3. The molecule has 0 amide bonds. The van der Waals surface area contributed by atoms with Crippen molar-refractivity contribution in [3.05, 3.63) is 52.1 Å². The van der Waals surface area contributed by atoms with E-state index in [0.29, 0.717) is 31.7 Å². The quantitative estimate of drug-likeness (QED) is 0.356. The fourth-order valence-electron chi connectivity index (χ4n) is 3.11. The SMILES string of the molecule is CCS(=O)(=O)N1CCC(C(=O)Oc2ccc(-c3ccc(I)cc3)cc2)CC1. The number of halogens is 1. The zero-order valence-corrected chi connectivity index (χ0v) is 18.1. The van der Waals surface area contributed by atoms with Crippen molar-refractivity contribution in [2.45, 2.75) is 19.8 Å². The van der Waals surface area contributed by atoms with Gasteiger partial charge in [-0.15, -0.1) is 0 Å². The van der Waals surface area contributed by atoms with Crippen LogP contribution in [0.2, 0.25) is 0 Å². The van der Waals surface area contributed by atoms with Crippen molar-refractivity contribution in [2.24, 2.45) is 5.92 Å². The van der Waals surface area contributed by atoms with E-state index in [1.165, 1.54) is 7.88 Å². The smallest absolute Gasteiger partial charge is 0.314 e. The number of nitrogens with zero attached hydrogens (tertiary/aromatic N) is 1. The summed E-state index contributed by atoms with van der Waals surface area (Å²) < 4.78 is 31.9. The molecule has 2 aromatic carbocycles. The van der Waals surface area contributed by atoms with Crippen molar-refractivity contribution < 1.29 is 17.9 Å². The molecule has 3 rings (SSSR count). The van der Waals surface area contributed by atoms with Gasteiger partial charge >= 0.3 is 5.97 Å². The molecule has 2 aromatic rings. The lowest BCUT2D eigenvalue weighted by Crippen LogP contribution is -2.41. The van der Waals surface area contributed by atoms with Gasteiger partial charge in [-0.1, -0.05) is 24.3 Å². The second kappa shape index (κ2) is 8.70. The molecule has 0 radical (unpaired) electrons. The molecule has 0 bridgehead atoms. The van der Waals surface area contributed by atoms with Crippen LogP contribution in [0, 0.1) is 9.49 Å². The third kappa shape index (κ3) is 5.08. The highest BCUT2D eigenvalue weighted by atomic mass is 127. The highest BCUT2D eigenvalue weighted by Gasteiger charge is 2.31. The lowest BCUT2D eigenvalue weighted by atomic mass is 9.98. The van der Waals surface area contributed by atoms with Gasteiger partial charge in [0.15, 0.2) is 0 Å². The fourth-order valence-corrected chi connectivity index (χ4v) is 4.60. The molecule has 0 atom stereocenters. The molecule has 0 spiro atoms. The van der Waals surface area contributed by atoms with Crippen LogP contribution in [0.15, 0.2) is 48.5 Å². The van der Waals surface area contributed by atoms with Crippen LogP contribution in [0.4, 0.5) is 0 Å². The van der Waals surface area contributed by atoms with E-state index in [2.05, 4.69) is 46.9 Å². The summed E-state index contributed by atoms with van der Waals surface area (Å²) in [5.74, 6) is 0.0577. The van der Waals surface area contributed by atoms with Crippen molar-refractivity contribution >= 4 is 38.6 Å². The minimum Gasteiger partial charge on any atom is -0.426 e. The van der Waals surface area contributed by atoms with Crippen LogP contribution < -0.4 is 4.74 Å². The van der Waals surface area contributed by atoms with E-state index in [4.69, 9.17) is 4.74 Å². The van der Waals surface area contributed by atoms with Crippen LogP contribution in [0.25, 0.3) is 11.1 Å². The van der Waals surface area contributed by atoms with Crippen LogP contribution in [-0.4, -0.2) is 37.5 Å². The molecule has 0 saturated carbocycles. The number of benzene rings is 2.